The van der Waals surface area contributed by atoms with E-state index in [1.165, 1.54) is 0 Å². The highest BCUT2D eigenvalue weighted by Crippen LogP contribution is 2.46. The van der Waals surface area contributed by atoms with Gasteiger partial charge in [-0.05, 0) is 25.0 Å². The molecule has 2 fully saturated rings. The van der Waals surface area contributed by atoms with Crippen LogP contribution >= 0.6 is 11.6 Å². The van der Waals surface area contributed by atoms with Crippen molar-refractivity contribution in [2.45, 2.75) is 25.4 Å². The van der Waals surface area contributed by atoms with Gasteiger partial charge in [-0.3, -0.25) is 9.59 Å². The van der Waals surface area contributed by atoms with Crippen LogP contribution < -0.4 is 5.32 Å². The van der Waals surface area contributed by atoms with Crippen LogP contribution in [0.5, 0.6) is 0 Å². The molecule has 1 N–H and O–H groups in total. The number of carbonyl (C=O) groups excluding carboxylic acids is 2. The largest absolute Gasteiger partial charge is 0.391 e. The summed E-state index contributed by atoms with van der Waals surface area (Å²) in [5.74, 6) is -6.46. The van der Waals surface area contributed by atoms with E-state index in [-0.39, 0.29) is 43.0 Å². The summed E-state index contributed by atoms with van der Waals surface area (Å²) in [6, 6.07) is 1.86. The molecule has 1 aromatic rings. The summed E-state index contributed by atoms with van der Waals surface area (Å²) < 4.78 is 66.2. The molecule has 0 bridgehead atoms. The van der Waals surface area contributed by atoms with Crippen LogP contribution in [-0.4, -0.2) is 30.2 Å². The van der Waals surface area contributed by atoms with E-state index in [0.29, 0.717) is 0 Å². The third kappa shape index (κ3) is 3.97. The van der Waals surface area contributed by atoms with Gasteiger partial charge in [-0.1, -0.05) is 11.6 Å². The summed E-state index contributed by atoms with van der Waals surface area (Å²) in [6.45, 7) is 0.0525. The molecule has 1 aliphatic carbocycles. The van der Waals surface area contributed by atoms with Gasteiger partial charge in [-0.2, -0.15) is 13.2 Å². The van der Waals surface area contributed by atoms with Gasteiger partial charge in [-0.25, -0.2) is 13.8 Å². The van der Waals surface area contributed by atoms with E-state index in [1.54, 1.807) is 0 Å². The van der Waals surface area contributed by atoms with Crippen molar-refractivity contribution in [3.8, 4) is 0 Å². The zero-order valence-corrected chi connectivity index (χ0v) is 14.5. The van der Waals surface area contributed by atoms with E-state index in [2.05, 4.69) is 10.3 Å². The van der Waals surface area contributed by atoms with E-state index in [0.717, 1.165) is 12.1 Å². The number of hydrogen-bond acceptors (Lipinski definition) is 2. The fourth-order valence-electron chi connectivity index (χ4n) is 3.19. The summed E-state index contributed by atoms with van der Waals surface area (Å²) in [6.07, 6.45) is -5.21. The Morgan fingerprint density at radius 2 is 1.85 bits per heavy atom. The Bertz CT molecular complexity index is 818. The standard InChI is InChI=1S/C17H14ClF5N2O2/c18-13-11(19)2-1-10(14(13)20)15(7-3-9(4-7)17(21,22)23)25-16(27)8-5-12(26)24-6-8/h1-2,7-9H,3-6H2,(H,24,26)/t7?,8-,9?/m0/s1. The van der Waals surface area contributed by atoms with Gasteiger partial charge in [0.2, 0.25) is 5.91 Å². The molecule has 0 radical (unpaired) electrons. The molecule has 10 heteroatoms. The Morgan fingerprint density at radius 1 is 1.19 bits per heavy atom. The van der Waals surface area contributed by atoms with Crippen LogP contribution in [0.1, 0.15) is 24.8 Å². The third-order valence-corrected chi connectivity index (χ3v) is 5.20. The number of benzene rings is 1. The molecule has 0 aromatic heterocycles. The number of rotatable bonds is 3. The van der Waals surface area contributed by atoms with Crippen molar-refractivity contribution in [1.29, 1.82) is 0 Å². The Balaban J connectivity index is 1.93. The van der Waals surface area contributed by atoms with Crippen molar-refractivity contribution in [3.05, 3.63) is 34.4 Å². The maximum absolute atomic E-state index is 14.4. The van der Waals surface area contributed by atoms with Gasteiger partial charge in [0.05, 0.1) is 17.5 Å². The topological polar surface area (TPSA) is 58.5 Å². The van der Waals surface area contributed by atoms with Crippen LogP contribution in [0.2, 0.25) is 5.02 Å². The van der Waals surface area contributed by atoms with Crippen LogP contribution in [0.15, 0.2) is 17.1 Å². The van der Waals surface area contributed by atoms with Crippen LogP contribution in [-0.2, 0) is 9.59 Å². The molecule has 0 spiro atoms. The van der Waals surface area contributed by atoms with Crippen LogP contribution in [0.25, 0.3) is 0 Å². The molecule has 2 aliphatic rings. The monoisotopic (exact) mass is 408 g/mol. The molecule has 1 heterocycles. The van der Waals surface area contributed by atoms with Crippen LogP contribution in [0.4, 0.5) is 22.0 Å². The highest BCUT2D eigenvalue weighted by atomic mass is 35.5. The van der Waals surface area contributed by atoms with Gasteiger partial charge < -0.3 is 5.32 Å². The van der Waals surface area contributed by atoms with Crippen molar-refractivity contribution >= 4 is 29.1 Å². The lowest BCUT2D eigenvalue weighted by Crippen LogP contribution is -2.40. The lowest BCUT2D eigenvalue weighted by atomic mass is 9.70. The number of hydrogen-bond donors (Lipinski definition) is 1. The molecule has 3 rings (SSSR count). The van der Waals surface area contributed by atoms with E-state index in [9.17, 15) is 31.5 Å². The molecule has 4 nitrogen and oxygen atoms in total. The Hall–Kier alpha value is -2.03. The average molecular weight is 409 g/mol. The Kier molecular flexibility index (Phi) is 5.24. The minimum Gasteiger partial charge on any atom is -0.355 e. The fraction of sp³-hybridized carbons (Fsp3) is 0.471. The zero-order chi connectivity index (χ0) is 19.9. The van der Waals surface area contributed by atoms with Crippen molar-refractivity contribution in [2.24, 2.45) is 22.7 Å². The lowest BCUT2D eigenvalue weighted by molar-refractivity contribution is -0.199. The zero-order valence-electron chi connectivity index (χ0n) is 13.7. The first-order valence-electron chi connectivity index (χ1n) is 8.17. The van der Waals surface area contributed by atoms with Crippen LogP contribution in [0, 0.1) is 29.4 Å². The fourth-order valence-corrected chi connectivity index (χ4v) is 3.36. The van der Waals surface area contributed by atoms with E-state index in [1.807, 2.05) is 0 Å². The van der Waals surface area contributed by atoms with E-state index >= 15 is 0 Å². The molecular formula is C17H14ClF5N2O2. The first kappa shape index (κ1) is 19.7. The first-order valence-corrected chi connectivity index (χ1v) is 8.55. The van der Waals surface area contributed by atoms with Gasteiger partial charge in [0, 0.05) is 24.4 Å². The van der Waals surface area contributed by atoms with Gasteiger partial charge in [0.1, 0.15) is 10.8 Å². The maximum Gasteiger partial charge on any atom is 0.391 e. The van der Waals surface area contributed by atoms with Gasteiger partial charge in [-0.15, -0.1) is 0 Å². The molecule has 1 aliphatic heterocycles. The second-order valence-electron chi connectivity index (χ2n) is 6.67. The maximum atomic E-state index is 14.4. The van der Waals surface area contributed by atoms with E-state index in [4.69, 9.17) is 11.6 Å². The molecule has 2 amide bonds. The highest BCUT2D eigenvalue weighted by molar-refractivity contribution is 6.31. The van der Waals surface area contributed by atoms with Crippen LogP contribution in [0.3, 0.4) is 0 Å². The molecule has 27 heavy (non-hydrogen) atoms. The summed E-state index contributed by atoms with van der Waals surface area (Å²) in [4.78, 5) is 27.4. The summed E-state index contributed by atoms with van der Waals surface area (Å²) >= 11 is 5.55. The minimum absolute atomic E-state index is 0.0525. The molecule has 1 aromatic carbocycles. The minimum atomic E-state index is -4.40. The SMILES string of the molecule is O=C1C[C@H](C(=O)N=C(c2ccc(F)c(Cl)c2F)C2CC(C(F)(F)F)C2)CN1. The third-order valence-electron chi connectivity index (χ3n) is 4.86. The van der Waals surface area contributed by atoms with Gasteiger partial charge in [0.15, 0.2) is 5.82 Å². The predicted molar refractivity (Wildman–Crippen MR) is 86.3 cm³/mol. The number of alkyl halides is 3. The number of nitrogens with zero attached hydrogens (tertiary/aromatic N) is 1. The molecule has 1 saturated heterocycles. The van der Waals surface area contributed by atoms with Gasteiger partial charge >= 0.3 is 6.18 Å². The summed E-state index contributed by atoms with van der Waals surface area (Å²) in [5, 5.41) is 1.63. The Morgan fingerprint density at radius 3 is 2.41 bits per heavy atom. The number of carbonyl (C=O) groups is 2. The second kappa shape index (κ2) is 7.18. The number of halogens is 6. The number of amides is 2. The number of aliphatic imine (C=N–C) groups is 1. The molecule has 1 saturated carbocycles. The summed E-state index contributed by atoms with van der Waals surface area (Å²) in [5.41, 5.74) is -0.503. The lowest BCUT2D eigenvalue weighted by Gasteiger charge is -2.37. The summed E-state index contributed by atoms with van der Waals surface area (Å²) in [7, 11) is 0. The quantitative estimate of drug-likeness (QED) is 0.471. The van der Waals surface area contributed by atoms with Gasteiger partial charge in [0.25, 0.3) is 5.91 Å². The normalized spacial score (nSPS) is 25.9. The molecule has 1 atom stereocenters. The van der Waals surface area contributed by atoms with Crippen molar-refractivity contribution in [2.75, 3.05) is 6.54 Å². The van der Waals surface area contributed by atoms with Crippen molar-refractivity contribution < 1.29 is 31.5 Å². The highest BCUT2D eigenvalue weighted by Gasteiger charge is 2.49. The Labute approximate surface area is 155 Å². The smallest absolute Gasteiger partial charge is 0.355 e. The molecule has 0 unspecified atom stereocenters. The predicted octanol–water partition coefficient (Wildman–Crippen LogP) is 3.66. The van der Waals surface area contributed by atoms with Crippen molar-refractivity contribution in [1.82, 2.24) is 5.32 Å². The number of nitrogens with one attached hydrogen (secondary N) is 1. The second-order valence-corrected chi connectivity index (χ2v) is 7.05. The van der Waals surface area contributed by atoms with E-state index < -0.39 is 46.5 Å². The molecule has 146 valence electrons. The molecular weight excluding hydrogens is 395 g/mol. The first-order chi connectivity index (χ1) is 12.6. The average Bonchev–Trinajstić information content (AvgIpc) is 2.96. The van der Waals surface area contributed by atoms with Crippen molar-refractivity contribution in [3.63, 3.8) is 0 Å².